The highest BCUT2D eigenvalue weighted by atomic mass is 79.9. The lowest BCUT2D eigenvalue weighted by molar-refractivity contribution is -0.113. The molecule has 0 fully saturated rings. The molecule has 2 rings (SSSR count). The van der Waals surface area contributed by atoms with Gasteiger partial charge in [0.05, 0.1) is 12.0 Å². The van der Waals surface area contributed by atoms with Gasteiger partial charge in [-0.2, -0.15) is 0 Å². The van der Waals surface area contributed by atoms with Crippen LogP contribution in [0.5, 0.6) is 0 Å². The van der Waals surface area contributed by atoms with Crippen LogP contribution in [0.2, 0.25) is 0 Å². The Kier molecular flexibility index (Phi) is 7.07. The number of halogens is 2. The van der Waals surface area contributed by atoms with E-state index in [9.17, 15) is 14.0 Å². The summed E-state index contributed by atoms with van der Waals surface area (Å²) in [5.41, 5.74) is 1.04. The van der Waals surface area contributed by atoms with E-state index in [-0.39, 0.29) is 17.8 Å². The van der Waals surface area contributed by atoms with Crippen LogP contribution in [0, 0.1) is 5.82 Å². The largest absolute Gasteiger partial charge is 0.390 e. The molecule has 2 aromatic carbocycles. The first-order valence-electron chi connectivity index (χ1n) is 8.03. The predicted molar refractivity (Wildman–Crippen MR) is 101 cm³/mol. The molecule has 130 valence electrons. The molecule has 5 heteroatoms. The van der Waals surface area contributed by atoms with Crippen molar-refractivity contribution in [1.82, 2.24) is 5.32 Å². The van der Waals surface area contributed by atoms with E-state index in [1.807, 2.05) is 25.1 Å². The molecule has 1 N–H and O–H groups in total. The average molecular weight is 404 g/mol. The molecule has 0 unspecified atom stereocenters. The summed E-state index contributed by atoms with van der Waals surface area (Å²) in [6, 6.07) is 13.0. The zero-order valence-corrected chi connectivity index (χ0v) is 15.5. The van der Waals surface area contributed by atoms with Crippen LogP contribution in [0.1, 0.15) is 35.7 Å². The average Bonchev–Trinajstić information content (AvgIpc) is 2.59. The van der Waals surface area contributed by atoms with Gasteiger partial charge in [0, 0.05) is 22.8 Å². The molecule has 0 saturated carbocycles. The van der Waals surface area contributed by atoms with Crippen molar-refractivity contribution in [3.63, 3.8) is 0 Å². The van der Waals surface area contributed by atoms with Gasteiger partial charge in [-0.25, -0.2) is 4.39 Å². The summed E-state index contributed by atoms with van der Waals surface area (Å²) in [6.45, 7) is 2.73. The van der Waals surface area contributed by atoms with Gasteiger partial charge in [0.15, 0.2) is 11.6 Å². The van der Waals surface area contributed by atoms with Gasteiger partial charge in [0.1, 0.15) is 5.82 Å². The first-order chi connectivity index (χ1) is 12.0. The van der Waals surface area contributed by atoms with Crippen LogP contribution in [0.25, 0.3) is 5.57 Å². The fraction of sp³-hybridized carbons (Fsp3) is 0.200. The van der Waals surface area contributed by atoms with E-state index in [2.05, 4.69) is 21.2 Å². The Bertz CT molecular complexity index is 802. The number of rotatable bonds is 8. The third-order valence-electron chi connectivity index (χ3n) is 3.57. The lowest BCUT2D eigenvalue weighted by atomic mass is 9.97. The monoisotopic (exact) mass is 403 g/mol. The van der Waals surface area contributed by atoms with Gasteiger partial charge in [0.25, 0.3) is 0 Å². The normalized spacial score (nSPS) is 11.2. The zero-order chi connectivity index (χ0) is 18.2. The maximum Gasteiger partial charge on any atom is 0.173 e. The van der Waals surface area contributed by atoms with Crippen molar-refractivity contribution in [3.8, 4) is 0 Å². The first kappa shape index (κ1) is 19.1. The Morgan fingerprint density at radius 3 is 2.60 bits per heavy atom. The number of nitrogens with one attached hydrogen (secondary N) is 1. The Hall–Kier alpha value is -2.27. The van der Waals surface area contributed by atoms with Gasteiger partial charge in [0.2, 0.25) is 0 Å². The lowest BCUT2D eigenvalue weighted by Gasteiger charge is -2.09. The topological polar surface area (TPSA) is 46.2 Å². The maximum absolute atomic E-state index is 13.8. The molecule has 3 nitrogen and oxygen atoms in total. The van der Waals surface area contributed by atoms with E-state index < -0.39 is 11.6 Å². The number of hydrogen-bond acceptors (Lipinski definition) is 3. The highest BCUT2D eigenvalue weighted by molar-refractivity contribution is 9.10. The summed E-state index contributed by atoms with van der Waals surface area (Å²) >= 11 is 3.38. The molecule has 0 saturated heterocycles. The van der Waals surface area contributed by atoms with Gasteiger partial charge in [-0.15, -0.1) is 0 Å². The maximum atomic E-state index is 13.8. The summed E-state index contributed by atoms with van der Waals surface area (Å²) < 4.78 is 14.6. The summed E-state index contributed by atoms with van der Waals surface area (Å²) in [6.07, 6.45) is 2.15. The number of carbonyl (C=O) groups is 2. The number of allylic oxidation sites excluding steroid dienone is 1. The molecule has 2 aromatic rings. The Morgan fingerprint density at radius 2 is 1.92 bits per heavy atom. The molecular weight excluding hydrogens is 385 g/mol. The molecule has 0 aliphatic carbocycles. The van der Waals surface area contributed by atoms with Gasteiger partial charge in [-0.05, 0) is 36.2 Å². The molecule has 0 heterocycles. The molecule has 0 bridgehead atoms. The first-order valence-corrected chi connectivity index (χ1v) is 8.82. The minimum Gasteiger partial charge on any atom is -0.390 e. The van der Waals surface area contributed by atoms with E-state index in [0.29, 0.717) is 17.7 Å². The number of carbonyl (C=O) groups excluding carboxylic acids is 2. The molecule has 0 atom stereocenters. The van der Waals surface area contributed by atoms with Crippen molar-refractivity contribution >= 4 is 33.1 Å². The number of ketones is 2. The summed E-state index contributed by atoms with van der Waals surface area (Å²) in [5.74, 6) is -1.49. The van der Waals surface area contributed by atoms with Crippen LogP contribution in [-0.4, -0.2) is 18.1 Å². The lowest BCUT2D eigenvalue weighted by Crippen LogP contribution is -2.14. The van der Waals surface area contributed by atoms with E-state index in [4.69, 9.17) is 0 Å². The van der Waals surface area contributed by atoms with Crippen molar-refractivity contribution in [2.24, 2.45) is 0 Å². The van der Waals surface area contributed by atoms with Gasteiger partial charge in [-0.3, -0.25) is 9.59 Å². The van der Waals surface area contributed by atoms with E-state index in [1.54, 1.807) is 18.3 Å². The smallest absolute Gasteiger partial charge is 0.173 e. The fourth-order valence-corrected chi connectivity index (χ4v) is 2.72. The van der Waals surface area contributed by atoms with Crippen molar-refractivity contribution < 1.29 is 14.0 Å². The summed E-state index contributed by atoms with van der Waals surface area (Å²) in [7, 11) is 0. The van der Waals surface area contributed by atoms with Gasteiger partial charge < -0.3 is 5.32 Å². The highest BCUT2D eigenvalue weighted by Gasteiger charge is 2.19. The molecule has 0 aliphatic heterocycles. The fourth-order valence-electron chi connectivity index (χ4n) is 2.32. The number of Topliss-reactive ketones (excluding diaryl/α,β-unsaturated/α-hetero) is 2. The van der Waals surface area contributed by atoms with Crippen LogP contribution in [-0.2, 0) is 4.79 Å². The van der Waals surface area contributed by atoms with Gasteiger partial charge >= 0.3 is 0 Å². The SMILES string of the molecule is CCCN/C=C(\C(=O)CC(=O)c1ccccc1F)c1cccc(Br)c1. The van der Waals surface area contributed by atoms with Crippen molar-refractivity contribution in [2.75, 3.05) is 6.54 Å². The molecule has 25 heavy (non-hydrogen) atoms. The highest BCUT2D eigenvalue weighted by Crippen LogP contribution is 2.22. The van der Waals surface area contributed by atoms with E-state index >= 15 is 0 Å². The second-order valence-electron chi connectivity index (χ2n) is 5.53. The predicted octanol–water partition coefficient (Wildman–Crippen LogP) is 4.77. The Morgan fingerprint density at radius 1 is 1.16 bits per heavy atom. The quantitative estimate of drug-likeness (QED) is 0.298. The second kappa shape index (κ2) is 9.28. The molecule has 0 spiro atoms. The molecular formula is C20H19BrFNO2. The van der Waals surface area contributed by atoms with Crippen LogP contribution in [0.3, 0.4) is 0 Å². The Balaban J connectivity index is 2.25. The third-order valence-corrected chi connectivity index (χ3v) is 4.07. The van der Waals surface area contributed by atoms with Crippen molar-refractivity contribution in [2.45, 2.75) is 19.8 Å². The standard InChI is InChI=1S/C20H19BrFNO2/c1-2-10-23-13-17(14-6-5-7-15(21)11-14)20(25)12-19(24)16-8-3-4-9-18(16)22/h3-9,11,13,23H,2,10,12H2,1H3/b17-13-. The summed E-state index contributed by atoms with van der Waals surface area (Å²) in [4.78, 5) is 25.0. The van der Waals surface area contributed by atoms with E-state index in [1.165, 1.54) is 18.2 Å². The minimum atomic E-state index is -0.614. The summed E-state index contributed by atoms with van der Waals surface area (Å²) in [5, 5.41) is 3.07. The molecule has 0 radical (unpaired) electrons. The number of hydrogen-bond donors (Lipinski definition) is 1. The third kappa shape index (κ3) is 5.36. The molecule has 0 aliphatic rings. The van der Waals surface area contributed by atoms with Crippen molar-refractivity contribution in [3.05, 3.63) is 76.1 Å². The zero-order valence-electron chi connectivity index (χ0n) is 13.9. The molecule has 0 amide bonds. The molecule has 0 aromatic heterocycles. The van der Waals surface area contributed by atoms with Crippen molar-refractivity contribution in [1.29, 1.82) is 0 Å². The minimum absolute atomic E-state index is 0.0639. The van der Waals surface area contributed by atoms with Crippen LogP contribution in [0.15, 0.2) is 59.2 Å². The van der Waals surface area contributed by atoms with Crippen LogP contribution < -0.4 is 5.32 Å². The van der Waals surface area contributed by atoms with Crippen LogP contribution in [0.4, 0.5) is 4.39 Å². The van der Waals surface area contributed by atoms with Gasteiger partial charge in [-0.1, -0.05) is 47.1 Å². The second-order valence-corrected chi connectivity index (χ2v) is 6.44. The van der Waals surface area contributed by atoms with Crippen LogP contribution >= 0.6 is 15.9 Å². The van der Waals surface area contributed by atoms with E-state index in [0.717, 1.165) is 10.9 Å². The number of benzene rings is 2. The Labute approximate surface area is 155 Å².